The van der Waals surface area contributed by atoms with Crippen molar-refractivity contribution in [1.82, 2.24) is 5.32 Å². The number of rotatable bonds is 2. The molecule has 0 bridgehead atoms. The van der Waals surface area contributed by atoms with Gasteiger partial charge in [0.15, 0.2) is 0 Å². The smallest absolute Gasteiger partial charge is 0.242 e. The van der Waals surface area contributed by atoms with Crippen molar-refractivity contribution in [1.29, 1.82) is 5.26 Å². The molecule has 4 nitrogen and oxygen atoms in total. The molecular formula is C13H15N3O. The molecule has 17 heavy (non-hydrogen) atoms. The van der Waals surface area contributed by atoms with Gasteiger partial charge in [0, 0.05) is 12.2 Å². The molecule has 0 radical (unpaired) electrons. The fraction of sp³-hybridized carbons (Fsp3) is 0.385. The second-order valence-corrected chi connectivity index (χ2v) is 4.18. The number of carbonyl (C=O) groups is 1. The van der Waals surface area contributed by atoms with Gasteiger partial charge < -0.3 is 10.6 Å². The number of nitrogens with one attached hydrogen (secondary N) is 2. The van der Waals surface area contributed by atoms with E-state index < -0.39 is 0 Å². The summed E-state index contributed by atoms with van der Waals surface area (Å²) in [4.78, 5) is 11.7. The lowest BCUT2D eigenvalue weighted by Gasteiger charge is -2.16. The molecule has 0 aliphatic carbocycles. The van der Waals surface area contributed by atoms with Crippen molar-refractivity contribution in [3.05, 3.63) is 29.8 Å². The minimum absolute atomic E-state index is 0.0462. The highest BCUT2D eigenvalue weighted by Crippen LogP contribution is 2.15. The third-order valence-corrected chi connectivity index (χ3v) is 2.87. The zero-order chi connectivity index (χ0) is 12.1. The Labute approximate surface area is 101 Å². The summed E-state index contributed by atoms with van der Waals surface area (Å²) in [6.07, 6.45) is 2.90. The summed E-state index contributed by atoms with van der Waals surface area (Å²) in [6, 6.07) is 9.10. The van der Waals surface area contributed by atoms with Gasteiger partial charge in [-0.3, -0.25) is 4.79 Å². The summed E-state index contributed by atoms with van der Waals surface area (Å²) < 4.78 is 0. The monoisotopic (exact) mass is 229 g/mol. The number of hydrogen-bond donors (Lipinski definition) is 2. The molecule has 1 aromatic rings. The van der Waals surface area contributed by atoms with Crippen molar-refractivity contribution >= 4 is 11.6 Å². The van der Waals surface area contributed by atoms with E-state index in [1.165, 1.54) is 0 Å². The van der Waals surface area contributed by atoms with E-state index >= 15 is 0 Å². The van der Waals surface area contributed by atoms with E-state index in [0.29, 0.717) is 5.56 Å². The fourth-order valence-electron chi connectivity index (χ4n) is 1.96. The molecule has 2 rings (SSSR count). The van der Waals surface area contributed by atoms with Crippen molar-refractivity contribution < 1.29 is 4.79 Å². The maximum absolute atomic E-state index is 11.7. The van der Waals surface area contributed by atoms with Crippen molar-refractivity contribution in [2.24, 2.45) is 0 Å². The van der Waals surface area contributed by atoms with Crippen molar-refractivity contribution in [3.8, 4) is 6.07 Å². The van der Waals surface area contributed by atoms with Crippen LogP contribution in [-0.2, 0) is 4.79 Å². The van der Waals surface area contributed by atoms with Gasteiger partial charge in [0.2, 0.25) is 5.91 Å². The van der Waals surface area contributed by atoms with E-state index in [9.17, 15) is 4.79 Å². The summed E-state index contributed by atoms with van der Waals surface area (Å²) in [7, 11) is 0. The Bertz CT molecular complexity index is 450. The van der Waals surface area contributed by atoms with Gasteiger partial charge in [-0.15, -0.1) is 0 Å². The number of nitriles is 1. The summed E-state index contributed by atoms with van der Waals surface area (Å²) in [5.41, 5.74) is 1.43. The molecular weight excluding hydrogens is 214 g/mol. The highest BCUT2D eigenvalue weighted by Gasteiger charge is 2.19. The highest BCUT2D eigenvalue weighted by molar-refractivity contribution is 5.84. The molecule has 1 saturated heterocycles. The van der Waals surface area contributed by atoms with Crippen LogP contribution in [0.5, 0.6) is 0 Å². The predicted octanol–water partition coefficient (Wildman–Crippen LogP) is 1.64. The van der Waals surface area contributed by atoms with Crippen LogP contribution in [0.4, 0.5) is 5.69 Å². The van der Waals surface area contributed by atoms with E-state index in [-0.39, 0.29) is 11.9 Å². The summed E-state index contributed by atoms with van der Waals surface area (Å²) in [5.74, 6) is 0.0462. The molecule has 2 N–H and O–H groups in total. The number of amides is 1. The molecule has 88 valence electrons. The van der Waals surface area contributed by atoms with E-state index in [2.05, 4.69) is 16.7 Å². The lowest BCUT2D eigenvalue weighted by atomic mass is 10.1. The molecule has 1 heterocycles. The van der Waals surface area contributed by atoms with Crippen LogP contribution in [0.15, 0.2) is 24.3 Å². The molecule has 1 atom stereocenters. The topological polar surface area (TPSA) is 64.9 Å². The van der Waals surface area contributed by atoms with Gasteiger partial charge >= 0.3 is 0 Å². The van der Waals surface area contributed by atoms with Crippen molar-refractivity contribution in [2.45, 2.75) is 25.3 Å². The quantitative estimate of drug-likeness (QED) is 0.810. The number of anilines is 1. The molecule has 1 unspecified atom stereocenters. The van der Waals surface area contributed by atoms with E-state index in [1.54, 1.807) is 12.1 Å². The van der Waals surface area contributed by atoms with Crippen LogP contribution in [0.3, 0.4) is 0 Å². The zero-order valence-electron chi connectivity index (χ0n) is 9.57. The molecule has 1 aromatic carbocycles. The Balaban J connectivity index is 2.08. The SMILES string of the molecule is N#Cc1cccc(NC2CCCCNC2=O)c1. The van der Waals surface area contributed by atoms with Gasteiger partial charge in [-0.2, -0.15) is 5.26 Å². The summed E-state index contributed by atoms with van der Waals surface area (Å²) >= 11 is 0. The minimum Gasteiger partial charge on any atom is -0.374 e. The predicted molar refractivity (Wildman–Crippen MR) is 65.4 cm³/mol. The largest absolute Gasteiger partial charge is 0.374 e. The fourth-order valence-corrected chi connectivity index (χ4v) is 1.96. The Kier molecular flexibility index (Phi) is 3.61. The maximum Gasteiger partial charge on any atom is 0.242 e. The molecule has 1 aliphatic heterocycles. The molecule has 1 aliphatic rings. The average Bonchev–Trinajstić information content (AvgIpc) is 2.55. The van der Waals surface area contributed by atoms with Gasteiger partial charge in [0.05, 0.1) is 11.6 Å². The van der Waals surface area contributed by atoms with Crippen LogP contribution in [0.1, 0.15) is 24.8 Å². The first-order valence-electron chi connectivity index (χ1n) is 5.84. The Morgan fingerprint density at radius 3 is 3.12 bits per heavy atom. The molecule has 1 fully saturated rings. The summed E-state index contributed by atoms with van der Waals surface area (Å²) in [6.45, 7) is 0.759. The van der Waals surface area contributed by atoms with Crippen LogP contribution in [0, 0.1) is 11.3 Å². The van der Waals surface area contributed by atoms with Gasteiger partial charge in [0.1, 0.15) is 6.04 Å². The van der Waals surface area contributed by atoms with Gasteiger partial charge in [-0.1, -0.05) is 6.07 Å². The number of carbonyl (C=O) groups excluding carboxylic acids is 1. The molecule has 0 aromatic heterocycles. The third kappa shape index (κ3) is 2.97. The molecule has 0 spiro atoms. The molecule has 0 saturated carbocycles. The maximum atomic E-state index is 11.7. The van der Waals surface area contributed by atoms with Crippen molar-refractivity contribution in [3.63, 3.8) is 0 Å². The van der Waals surface area contributed by atoms with Gasteiger partial charge in [-0.05, 0) is 37.5 Å². The first kappa shape index (κ1) is 11.5. The van der Waals surface area contributed by atoms with Crippen LogP contribution < -0.4 is 10.6 Å². The second-order valence-electron chi connectivity index (χ2n) is 4.18. The molecule has 1 amide bonds. The number of nitrogens with zero attached hydrogens (tertiary/aromatic N) is 1. The lowest BCUT2D eigenvalue weighted by Crippen LogP contribution is -2.37. The van der Waals surface area contributed by atoms with E-state index in [4.69, 9.17) is 5.26 Å². The molecule has 4 heteroatoms. The average molecular weight is 229 g/mol. The lowest BCUT2D eigenvalue weighted by molar-refractivity contribution is -0.121. The van der Waals surface area contributed by atoms with Crippen LogP contribution in [-0.4, -0.2) is 18.5 Å². The number of hydrogen-bond acceptors (Lipinski definition) is 3. The summed E-state index contributed by atoms with van der Waals surface area (Å²) in [5, 5.41) is 14.9. The van der Waals surface area contributed by atoms with Crippen LogP contribution >= 0.6 is 0 Å². The standard InChI is InChI=1S/C13H15N3O/c14-9-10-4-3-5-11(8-10)16-12-6-1-2-7-15-13(12)17/h3-5,8,12,16H,1-2,6-7H2,(H,15,17). The third-order valence-electron chi connectivity index (χ3n) is 2.87. The number of benzene rings is 1. The Morgan fingerprint density at radius 1 is 1.41 bits per heavy atom. The van der Waals surface area contributed by atoms with Gasteiger partial charge in [0.25, 0.3) is 0 Å². The zero-order valence-corrected chi connectivity index (χ0v) is 9.57. The second kappa shape index (κ2) is 5.35. The van der Waals surface area contributed by atoms with E-state index in [1.807, 2.05) is 12.1 Å². The first-order valence-corrected chi connectivity index (χ1v) is 5.84. The normalized spacial score (nSPS) is 19.9. The first-order chi connectivity index (χ1) is 8.29. The Hall–Kier alpha value is -2.02. The van der Waals surface area contributed by atoms with Gasteiger partial charge in [-0.25, -0.2) is 0 Å². The van der Waals surface area contributed by atoms with E-state index in [0.717, 1.165) is 31.5 Å². The van der Waals surface area contributed by atoms with Crippen molar-refractivity contribution in [2.75, 3.05) is 11.9 Å². The highest BCUT2D eigenvalue weighted by atomic mass is 16.2. The Morgan fingerprint density at radius 2 is 2.29 bits per heavy atom. The van der Waals surface area contributed by atoms with Crippen LogP contribution in [0.2, 0.25) is 0 Å². The minimum atomic E-state index is -0.188. The van der Waals surface area contributed by atoms with Crippen LogP contribution in [0.25, 0.3) is 0 Å².